The fourth-order valence-electron chi connectivity index (χ4n) is 4.46. The molecule has 2 aromatic carbocycles. The van der Waals surface area contributed by atoms with Crippen molar-refractivity contribution in [2.45, 2.75) is 45.1 Å². The van der Waals surface area contributed by atoms with Crippen molar-refractivity contribution in [3.8, 4) is 6.07 Å². The van der Waals surface area contributed by atoms with Gasteiger partial charge in [-0.25, -0.2) is 4.39 Å². The lowest BCUT2D eigenvalue weighted by Crippen LogP contribution is -2.45. The number of halogens is 2. The van der Waals surface area contributed by atoms with Gasteiger partial charge in [0.15, 0.2) is 0 Å². The second-order valence-corrected chi connectivity index (χ2v) is 11.5. The lowest BCUT2D eigenvalue weighted by Gasteiger charge is -2.34. The number of nitriles is 1. The van der Waals surface area contributed by atoms with Gasteiger partial charge in [0.05, 0.1) is 32.9 Å². The molecule has 10 heteroatoms. The first-order chi connectivity index (χ1) is 17.6. The van der Waals surface area contributed by atoms with E-state index in [1.165, 1.54) is 12.1 Å². The third kappa shape index (κ3) is 5.18. The van der Waals surface area contributed by atoms with E-state index in [2.05, 4.69) is 64.6 Å². The maximum absolute atomic E-state index is 13.8. The quantitative estimate of drug-likeness (QED) is 0.341. The van der Waals surface area contributed by atoms with E-state index in [9.17, 15) is 9.65 Å². The van der Waals surface area contributed by atoms with Crippen LogP contribution in [0.4, 0.5) is 15.8 Å². The topological polar surface area (TPSA) is 88.0 Å². The molecular formula is C27H30BClFN7. The summed E-state index contributed by atoms with van der Waals surface area (Å²) in [4.78, 5) is 4.47. The van der Waals surface area contributed by atoms with Crippen LogP contribution in [0.15, 0.2) is 54.5 Å². The van der Waals surface area contributed by atoms with Crippen molar-refractivity contribution in [2.24, 2.45) is 5.41 Å². The number of fused-ring (bicyclic) bond motifs is 1. The van der Waals surface area contributed by atoms with E-state index in [1.807, 2.05) is 20.0 Å². The number of hydrazine groups is 2. The Labute approximate surface area is 222 Å². The van der Waals surface area contributed by atoms with Gasteiger partial charge in [0.2, 0.25) is 0 Å². The maximum Gasteiger partial charge on any atom is 0.148 e. The lowest BCUT2D eigenvalue weighted by molar-refractivity contribution is 0.260. The molecule has 1 fully saturated rings. The van der Waals surface area contributed by atoms with Gasteiger partial charge in [-0.05, 0) is 48.1 Å². The van der Waals surface area contributed by atoms with Gasteiger partial charge in [-0.1, -0.05) is 44.5 Å². The molecule has 1 aliphatic heterocycles. The van der Waals surface area contributed by atoms with Gasteiger partial charge >= 0.3 is 0 Å². The van der Waals surface area contributed by atoms with Gasteiger partial charge in [0.1, 0.15) is 19.7 Å². The number of anilines is 2. The van der Waals surface area contributed by atoms with Gasteiger partial charge in [-0.3, -0.25) is 9.99 Å². The van der Waals surface area contributed by atoms with Crippen LogP contribution in [-0.2, 0) is 5.44 Å². The van der Waals surface area contributed by atoms with Gasteiger partial charge < -0.3 is 16.1 Å². The van der Waals surface area contributed by atoms with E-state index in [-0.39, 0.29) is 11.2 Å². The van der Waals surface area contributed by atoms with E-state index in [1.54, 1.807) is 18.3 Å². The lowest BCUT2D eigenvalue weighted by atomic mass is 9.69. The van der Waals surface area contributed by atoms with Crippen LogP contribution in [0.3, 0.4) is 0 Å². The van der Waals surface area contributed by atoms with E-state index < -0.39 is 5.44 Å². The molecule has 5 rings (SSSR count). The standard InChI is InChI=1S/C27H30BClFN7/c1-26(2,3)15-33-24-16(12-31)13-32-25-21(24)10-19(11-22(25)29)34-27(28,17-4-6-18(30)7-5-17)23-14-37(36-35-23)20-8-9-20/h4-7,10-11,13-14,20,34-36H,8-9,15,28H2,1-3H3,(H,32,33). The predicted octanol–water partition coefficient (Wildman–Crippen LogP) is 4.58. The molecular weight excluding hydrogens is 488 g/mol. The van der Waals surface area contributed by atoms with Crippen LogP contribution >= 0.6 is 11.6 Å². The number of pyridine rings is 1. The molecule has 190 valence electrons. The first-order valence-electron chi connectivity index (χ1n) is 12.4. The van der Waals surface area contributed by atoms with E-state index in [0.29, 0.717) is 34.4 Å². The molecule has 3 aromatic rings. The van der Waals surface area contributed by atoms with E-state index >= 15 is 0 Å². The molecule has 0 spiro atoms. The molecule has 4 N–H and O–H groups in total. The summed E-state index contributed by atoms with van der Waals surface area (Å²) in [5.41, 5.74) is 10.1. The Morgan fingerprint density at radius 1 is 1.24 bits per heavy atom. The summed E-state index contributed by atoms with van der Waals surface area (Å²) < 4.78 is 13.8. The van der Waals surface area contributed by atoms with E-state index in [4.69, 9.17) is 11.6 Å². The smallest absolute Gasteiger partial charge is 0.148 e. The fourth-order valence-corrected chi connectivity index (χ4v) is 4.73. The number of nitrogens with zero attached hydrogens (tertiary/aromatic N) is 3. The van der Waals surface area contributed by atoms with Crippen molar-refractivity contribution in [2.75, 3.05) is 17.2 Å². The molecule has 0 amide bonds. The number of benzene rings is 2. The molecule has 1 saturated carbocycles. The second-order valence-electron chi connectivity index (χ2n) is 11.1. The van der Waals surface area contributed by atoms with Gasteiger partial charge in [-0.2, -0.15) is 5.26 Å². The van der Waals surface area contributed by atoms with Crippen LogP contribution in [0.1, 0.15) is 44.7 Å². The molecule has 2 heterocycles. The third-order valence-corrected chi connectivity index (χ3v) is 7.01. The minimum absolute atomic E-state index is 0.00415. The Hall–Kier alpha value is -3.48. The van der Waals surface area contributed by atoms with Crippen molar-refractivity contribution in [1.82, 2.24) is 21.0 Å². The third-order valence-electron chi connectivity index (χ3n) is 6.72. The van der Waals surface area contributed by atoms with Crippen molar-refractivity contribution in [3.05, 3.63) is 76.5 Å². The second kappa shape index (κ2) is 9.44. The Morgan fingerprint density at radius 2 is 1.97 bits per heavy atom. The van der Waals surface area contributed by atoms with Crippen LogP contribution in [0, 0.1) is 22.6 Å². The monoisotopic (exact) mass is 517 g/mol. The first-order valence-corrected chi connectivity index (χ1v) is 12.8. The number of nitrogens with one attached hydrogen (secondary N) is 4. The van der Waals surface area contributed by atoms with Crippen LogP contribution in [-0.4, -0.2) is 30.4 Å². The highest BCUT2D eigenvalue weighted by molar-refractivity contribution is 6.36. The molecule has 1 atom stereocenters. The summed E-state index contributed by atoms with van der Waals surface area (Å²) in [6.45, 7) is 7.06. The summed E-state index contributed by atoms with van der Waals surface area (Å²) in [6.07, 6.45) is 5.89. The number of rotatable bonds is 7. The Morgan fingerprint density at radius 3 is 2.62 bits per heavy atom. The molecule has 1 aromatic heterocycles. The highest BCUT2D eigenvalue weighted by Gasteiger charge is 2.38. The average Bonchev–Trinajstić information content (AvgIpc) is 3.58. The molecule has 0 radical (unpaired) electrons. The summed E-state index contributed by atoms with van der Waals surface area (Å²) in [7, 11) is 2.04. The highest BCUT2D eigenvalue weighted by atomic mass is 35.5. The predicted molar refractivity (Wildman–Crippen MR) is 149 cm³/mol. The zero-order valence-electron chi connectivity index (χ0n) is 21.4. The van der Waals surface area contributed by atoms with Crippen molar-refractivity contribution in [3.63, 3.8) is 0 Å². The molecule has 1 aliphatic carbocycles. The largest absolute Gasteiger partial charge is 0.383 e. The molecule has 7 nitrogen and oxygen atoms in total. The van der Waals surface area contributed by atoms with Crippen LogP contribution in [0.25, 0.3) is 10.9 Å². The summed E-state index contributed by atoms with van der Waals surface area (Å²) >= 11 is 6.73. The van der Waals surface area contributed by atoms with Crippen LogP contribution in [0.2, 0.25) is 5.02 Å². The maximum atomic E-state index is 13.8. The molecule has 0 saturated heterocycles. The Kier molecular flexibility index (Phi) is 6.42. The fraction of sp³-hybridized carbons (Fsp3) is 0.333. The van der Waals surface area contributed by atoms with Crippen molar-refractivity contribution >= 4 is 41.7 Å². The summed E-state index contributed by atoms with van der Waals surface area (Å²) in [5, 5.41) is 20.2. The number of hydrogen-bond acceptors (Lipinski definition) is 7. The van der Waals surface area contributed by atoms with Crippen LogP contribution < -0.4 is 21.6 Å². The summed E-state index contributed by atoms with van der Waals surface area (Å²) in [6, 6.07) is 13.0. The molecule has 0 bridgehead atoms. The number of hydrogen-bond donors (Lipinski definition) is 4. The molecule has 2 aliphatic rings. The number of aromatic nitrogens is 1. The van der Waals surface area contributed by atoms with Gasteiger partial charge in [0.25, 0.3) is 0 Å². The zero-order chi connectivity index (χ0) is 26.4. The zero-order valence-corrected chi connectivity index (χ0v) is 22.2. The van der Waals surface area contributed by atoms with Gasteiger partial charge in [-0.15, -0.1) is 5.53 Å². The Balaban J connectivity index is 1.60. The SMILES string of the molecule is BC(Nc1cc(Cl)c2ncc(C#N)c(NCC(C)(C)C)c2c1)(C1=CN(C2CC2)NN1)c1ccc(F)cc1. The van der Waals surface area contributed by atoms with E-state index in [0.717, 1.165) is 35.2 Å². The van der Waals surface area contributed by atoms with Crippen molar-refractivity contribution in [1.29, 1.82) is 5.26 Å². The minimum Gasteiger partial charge on any atom is -0.383 e. The molecule has 1 unspecified atom stereocenters. The van der Waals surface area contributed by atoms with Gasteiger partial charge in [0, 0.05) is 36.1 Å². The Bertz CT molecular complexity index is 1410. The summed E-state index contributed by atoms with van der Waals surface area (Å²) in [5.74, 6) is -0.296. The first kappa shape index (κ1) is 25.2. The minimum atomic E-state index is -0.749. The van der Waals surface area contributed by atoms with Crippen LogP contribution in [0.5, 0.6) is 0 Å². The van der Waals surface area contributed by atoms with Crippen molar-refractivity contribution < 1.29 is 4.39 Å². The molecule has 37 heavy (non-hydrogen) atoms. The normalized spacial score (nSPS) is 17.1. The highest BCUT2D eigenvalue weighted by Crippen LogP contribution is 2.38. The average molecular weight is 518 g/mol.